The number of carbonyl (C=O) groups excluding carboxylic acids is 1. The number of nitrogens with zero attached hydrogens (tertiary/aromatic N) is 1. The quantitative estimate of drug-likeness (QED) is 0.641. The number of nitrogens with one attached hydrogen (secondary N) is 1. The van der Waals surface area contributed by atoms with Crippen molar-refractivity contribution in [2.75, 3.05) is 13.1 Å². The van der Waals surface area contributed by atoms with E-state index >= 15 is 0 Å². The average molecular weight is 486 g/mol. The summed E-state index contributed by atoms with van der Waals surface area (Å²) in [7, 11) is -3.61. The fourth-order valence-electron chi connectivity index (χ4n) is 3.27. The molecule has 5 nitrogen and oxygen atoms in total. The Labute approximate surface area is 179 Å². The zero-order valence-corrected chi connectivity index (χ0v) is 18.6. The van der Waals surface area contributed by atoms with E-state index in [0.29, 0.717) is 19.5 Å². The van der Waals surface area contributed by atoms with Crippen LogP contribution in [0.1, 0.15) is 48.1 Å². The van der Waals surface area contributed by atoms with Gasteiger partial charge in [0.2, 0.25) is 10.0 Å². The van der Waals surface area contributed by atoms with E-state index in [1.165, 1.54) is 22.5 Å². The van der Waals surface area contributed by atoms with Crippen molar-refractivity contribution in [2.45, 2.75) is 37.1 Å². The maximum absolute atomic E-state index is 12.9. The van der Waals surface area contributed by atoms with Crippen molar-refractivity contribution in [1.29, 1.82) is 0 Å². The Morgan fingerprint density at radius 3 is 2.43 bits per heavy atom. The Morgan fingerprint density at radius 2 is 1.82 bits per heavy atom. The zero-order valence-electron chi connectivity index (χ0n) is 15.5. The van der Waals surface area contributed by atoms with E-state index in [-0.39, 0.29) is 21.5 Å². The SMILES string of the molecule is CCC(NC(=O)c1cc(S(=O)(=O)N2CCCC2)ccc1Cl)c1ccc(Br)cc1. The number of benzene rings is 2. The zero-order chi connectivity index (χ0) is 20.3. The first-order valence-corrected chi connectivity index (χ1v) is 11.8. The molecular weight excluding hydrogens is 464 g/mol. The van der Waals surface area contributed by atoms with Crippen LogP contribution in [-0.4, -0.2) is 31.7 Å². The molecule has 8 heteroatoms. The van der Waals surface area contributed by atoms with E-state index in [9.17, 15) is 13.2 Å². The molecule has 0 saturated carbocycles. The molecule has 1 saturated heterocycles. The molecule has 1 amide bonds. The number of rotatable bonds is 6. The Hall–Kier alpha value is -1.41. The molecule has 0 bridgehead atoms. The predicted octanol–water partition coefficient (Wildman–Crippen LogP) is 4.77. The van der Waals surface area contributed by atoms with Gasteiger partial charge in [-0.2, -0.15) is 4.31 Å². The second-order valence-corrected chi connectivity index (χ2v) is 10.00. The summed E-state index contributed by atoms with van der Waals surface area (Å²) in [5.41, 5.74) is 1.13. The van der Waals surface area contributed by atoms with Crippen molar-refractivity contribution >= 4 is 43.5 Å². The maximum Gasteiger partial charge on any atom is 0.253 e. The van der Waals surface area contributed by atoms with Gasteiger partial charge >= 0.3 is 0 Å². The van der Waals surface area contributed by atoms with Gasteiger partial charge in [-0.3, -0.25) is 4.79 Å². The highest BCUT2D eigenvalue weighted by Gasteiger charge is 2.28. The summed E-state index contributed by atoms with van der Waals surface area (Å²) >= 11 is 9.62. The first kappa shape index (κ1) is 21.3. The molecule has 0 spiro atoms. The van der Waals surface area contributed by atoms with E-state index in [0.717, 1.165) is 22.9 Å². The van der Waals surface area contributed by atoms with E-state index in [4.69, 9.17) is 11.6 Å². The summed E-state index contributed by atoms with van der Waals surface area (Å²) in [6, 6.07) is 11.8. The lowest BCUT2D eigenvalue weighted by Gasteiger charge is -2.19. The van der Waals surface area contributed by atoms with Gasteiger partial charge in [0, 0.05) is 17.6 Å². The molecule has 3 rings (SSSR count). The lowest BCUT2D eigenvalue weighted by molar-refractivity contribution is 0.0935. The molecule has 150 valence electrons. The lowest BCUT2D eigenvalue weighted by atomic mass is 10.0. The van der Waals surface area contributed by atoms with Gasteiger partial charge in [-0.25, -0.2) is 8.42 Å². The van der Waals surface area contributed by atoms with Crippen molar-refractivity contribution in [3.8, 4) is 0 Å². The van der Waals surface area contributed by atoms with Crippen molar-refractivity contribution in [2.24, 2.45) is 0 Å². The van der Waals surface area contributed by atoms with Crippen molar-refractivity contribution < 1.29 is 13.2 Å². The van der Waals surface area contributed by atoms with Crippen LogP contribution in [0.4, 0.5) is 0 Å². The van der Waals surface area contributed by atoms with Gasteiger partial charge in [0.05, 0.1) is 21.5 Å². The highest BCUT2D eigenvalue weighted by Crippen LogP contribution is 2.26. The highest BCUT2D eigenvalue weighted by atomic mass is 79.9. The highest BCUT2D eigenvalue weighted by molar-refractivity contribution is 9.10. The minimum Gasteiger partial charge on any atom is -0.345 e. The van der Waals surface area contributed by atoms with Gasteiger partial charge in [-0.1, -0.05) is 46.6 Å². The smallest absolute Gasteiger partial charge is 0.253 e. The van der Waals surface area contributed by atoms with Crippen LogP contribution in [0, 0.1) is 0 Å². The first-order chi connectivity index (χ1) is 13.3. The number of carbonyl (C=O) groups is 1. The van der Waals surface area contributed by atoms with Crippen LogP contribution in [0.25, 0.3) is 0 Å². The standard InChI is InChI=1S/C20H22BrClN2O3S/c1-2-19(14-5-7-15(21)8-6-14)23-20(25)17-13-16(9-10-18(17)22)28(26,27)24-11-3-4-12-24/h5-10,13,19H,2-4,11-12H2,1H3,(H,23,25). The Bertz CT molecular complexity index is 958. The molecule has 28 heavy (non-hydrogen) atoms. The van der Waals surface area contributed by atoms with Gasteiger partial charge in [0.25, 0.3) is 5.91 Å². The molecule has 2 aromatic carbocycles. The van der Waals surface area contributed by atoms with E-state index < -0.39 is 15.9 Å². The Kier molecular flexibility index (Phi) is 6.81. The molecule has 0 radical (unpaired) electrons. The molecule has 1 unspecified atom stereocenters. The van der Waals surface area contributed by atoms with Crippen LogP contribution >= 0.6 is 27.5 Å². The molecule has 0 aliphatic carbocycles. The fourth-order valence-corrected chi connectivity index (χ4v) is 5.28. The van der Waals surface area contributed by atoms with Gasteiger partial charge in [-0.15, -0.1) is 0 Å². The predicted molar refractivity (Wildman–Crippen MR) is 114 cm³/mol. The van der Waals surface area contributed by atoms with Crippen LogP contribution in [-0.2, 0) is 10.0 Å². The third kappa shape index (κ3) is 4.59. The molecule has 0 aromatic heterocycles. The van der Waals surface area contributed by atoms with Crippen LogP contribution < -0.4 is 5.32 Å². The van der Waals surface area contributed by atoms with Gasteiger partial charge in [0.15, 0.2) is 0 Å². The number of sulfonamides is 1. The number of halogens is 2. The van der Waals surface area contributed by atoms with E-state index in [1.807, 2.05) is 31.2 Å². The minimum absolute atomic E-state index is 0.0978. The van der Waals surface area contributed by atoms with Gasteiger partial charge in [-0.05, 0) is 55.2 Å². The van der Waals surface area contributed by atoms with Crippen LogP contribution in [0.15, 0.2) is 51.8 Å². The minimum atomic E-state index is -3.61. The van der Waals surface area contributed by atoms with E-state index in [2.05, 4.69) is 21.2 Å². The third-order valence-corrected chi connectivity index (χ3v) is 7.62. The Morgan fingerprint density at radius 1 is 1.18 bits per heavy atom. The topological polar surface area (TPSA) is 66.5 Å². The summed E-state index contributed by atoms with van der Waals surface area (Å²) in [4.78, 5) is 13.0. The second-order valence-electron chi connectivity index (χ2n) is 6.74. The molecule has 1 heterocycles. The molecular formula is C20H22BrClN2O3S. The summed E-state index contributed by atoms with van der Waals surface area (Å²) < 4.78 is 28.0. The van der Waals surface area contributed by atoms with Gasteiger partial charge < -0.3 is 5.32 Å². The molecule has 1 aliphatic heterocycles. The second kappa shape index (κ2) is 8.95. The van der Waals surface area contributed by atoms with Crippen LogP contribution in [0.5, 0.6) is 0 Å². The summed E-state index contributed by atoms with van der Waals surface area (Å²) in [6.07, 6.45) is 2.40. The normalized spacial score (nSPS) is 16.1. The molecule has 2 aromatic rings. The third-order valence-electron chi connectivity index (χ3n) is 4.87. The molecule has 1 aliphatic rings. The Balaban J connectivity index is 1.85. The maximum atomic E-state index is 12.9. The monoisotopic (exact) mass is 484 g/mol. The fraction of sp³-hybridized carbons (Fsp3) is 0.350. The summed E-state index contributed by atoms with van der Waals surface area (Å²) in [6.45, 7) is 2.99. The largest absolute Gasteiger partial charge is 0.345 e. The number of hydrogen-bond acceptors (Lipinski definition) is 3. The first-order valence-electron chi connectivity index (χ1n) is 9.19. The molecule has 1 fully saturated rings. The number of amides is 1. The molecule has 1 N–H and O–H groups in total. The van der Waals surface area contributed by atoms with Crippen molar-refractivity contribution in [3.05, 3.63) is 63.1 Å². The summed E-state index contributed by atoms with van der Waals surface area (Å²) in [5, 5.41) is 3.19. The van der Waals surface area contributed by atoms with Crippen LogP contribution in [0.3, 0.4) is 0 Å². The number of hydrogen-bond donors (Lipinski definition) is 1. The summed E-state index contributed by atoms with van der Waals surface area (Å²) in [5.74, 6) is -0.391. The van der Waals surface area contributed by atoms with Crippen molar-refractivity contribution in [1.82, 2.24) is 9.62 Å². The molecule has 1 atom stereocenters. The lowest BCUT2D eigenvalue weighted by Crippen LogP contribution is -2.30. The van der Waals surface area contributed by atoms with Gasteiger partial charge in [0.1, 0.15) is 0 Å². The van der Waals surface area contributed by atoms with Crippen molar-refractivity contribution in [3.63, 3.8) is 0 Å². The van der Waals surface area contributed by atoms with Crippen LogP contribution in [0.2, 0.25) is 5.02 Å². The van der Waals surface area contributed by atoms with E-state index in [1.54, 1.807) is 0 Å². The average Bonchev–Trinajstić information content (AvgIpc) is 3.22.